The third-order valence-corrected chi connectivity index (χ3v) is 4.36. The van der Waals surface area contributed by atoms with E-state index < -0.39 is 0 Å². The Balaban J connectivity index is 2.32. The van der Waals surface area contributed by atoms with Crippen molar-refractivity contribution in [1.29, 1.82) is 0 Å². The first kappa shape index (κ1) is 17.7. The summed E-state index contributed by atoms with van der Waals surface area (Å²) in [4.78, 5) is 0. The van der Waals surface area contributed by atoms with E-state index in [4.69, 9.17) is 5.73 Å². The third-order valence-electron chi connectivity index (χ3n) is 3.75. The van der Waals surface area contributed by atoms with Crippen LogP contribution in [-0.4, -0.2) is 9.78 Å². The number of halogens is 1. The first-order chi connectivity index (χ1) is 9.57. The fourth-order valence-corrected chi connectivity index (χ4v) is 3.13. The van der Waals surface area contributed by atoms with Crippen LogP contribution in [0.4, 0.5) is 0 Å². The monoisotopic (exact) mass is 343 g/mol. The summed E-state index contributed by atoms with van der Waals surface area (Å²) in [5.74, 6) is 0. The Labute approximate surface area is 132 Å². The Hall–Kier alpha value is -0.350. The molecule has 0 aromatic carbocycles. The Kier molecular flexibility index (Phi) is 8.46. The highest BCUT2D eigenvalue weighted by atomic mass is 79.9. The summed E-state index contributed by atoms with van der Waals surface area (Å²) < 4.78 is 3.08. The zero-order valence-electron chi connectivity index (χ0n) is 13.2. The van der Waals surface area contributed by atoms with Gasteiger partial charge in [0.1, 0.15) is 0 Å². The van der Waals surface area contributed by atoms with Crippen molar-refractivity contribution in [3.05, 3.63) is 16.4 Å². The molecule has 1 unspecified atom stereocenters. The van der Waals surface area contributed by atoms with E-state index in [-0.39, 0.29) is 6.04 Å². The van der Waals surface area contributed by atoms with Crippen molar-refractivity contribution in [2.75, 3.05) is 0 Å². The molecule has 0 saturated heterocycles. The molecule has 0 aliphatic carbocycles. The molecular weight excluding hydrogens is 314 g/mol. The summed E-state index contributed by atoms with van der Waals surface area (Å²) in [5, 5.41) is 4.40. The molecule has 3 nitrogen and oxygen atoms in total. The maximum Gasteiger partial charge on any atom is 0.0696 e. The van der Waals surface area contributed by atoms with Gasteiger partial charge in [-0.05, 0) is 36.2 Å². The SMILES string of the molecule is CCCCCCCCCC(N)c1c(Br)cnn1C(C)C. The molecule has 0 radical (unpaired) electrons. The van der Waals surface area contributed by atoms with Crippen LogP contribution in [-0.2, 0) is 0 Å². The highest BCUT2D eigenvalue weighted by Gasteiger charge is 2.17. The minimum atomic E-state index is 0.0879. The lowest BCUT2D eigenvalue weighted by Crippen LogP contribution is -2.18. The van der Waals surface area contributed by atoms with Crippen LogP contribution in [0.5, 0.6) is 0 Å². The van der Waals surface area contributed by atoms with Crippen molar-refractivity contribution in [2.24, 2.45) is 5.73 Å². The minimum Gasteiger partial charge on any atom is -0.323 e. The van der Waals surface area contributed by atoms with Crippen molar-refractivity contribution >= 4 is 15.9 Å². The van der Waals surface area contributed by atoms with Gasteiger partial charge in [0.2, 0.25) is 0 Å². The number of nitrogens with two attached hydrogens (primary N) is 1. The van der Waals surface area contributed by atoms with Crippen molar-refractivity contribution < 1.29 is 0 Å². The molecule has 116 valence electrons. The normalized spacial score (nSPS) is 13.1. The number of aromatic nitrogens is 2. The van der Waals surface area contributed by atoms with Gasteiger partial charge in [-0.15, -0.1) is 0 Å². The van der Waals surface area contributed by atoms with Gasteiger partial charge in [-0.2, -0.15) is 5.10 Å². The molecule has 1 aromatic rings. The Bertz CT molecular complexity index is 374. The topological polar surface area (TPSA) is 43.8 Å². The third kappa shape index (κ3) is 5.57. The van der Waals surface area contributed by atoms with E-state index in [9.17, 15) is 0 Å². The van der Waals surface area contributed by atoms with Gasteiger partial charge in [-0.1, -0.05) is 51.9 Å². The second-order valence-electron chi connectivity index (χ2n) is 5.93. The Morgan fingerprint density at radius 2 is 1.75 bits per heavy atom. The van der Waals surface area contributed by atoms with E-state index in [1.54, 1.807) is 0 Å². The zero-order valence-corrected chi connectivity index (χ0v) is 14.8. The quantitative estimate of drug-likeness (QED) is 0.580. The van der Waals surface area contributed by atoms with E-state index in [1.807, 2.05) is 10.9 Å². The maximum absolute atomic E-state index is 6.35. The summed E-state index contributed by atoms with van der Waals surface area (Å²) in [6.45, 7) is 6.54. The molecule has 1 rings (SSSR count). The van der Waals surface area contributed by atoms with Crippen LogP contribution in [0.25, 0.3) is 0 Å². The van der Waals surface area contributed by atoms with E-state index in [0.29, 0.717) is 6.04 Å². The Morgan fingerprint density at radius 3 is 2.35 bits per heavy atom. The van der Waals surface area contributed by atoms with Gasteiger partial charge < -0.3 is 5.73 Å². The smallest absolute Gasteiger partial charge is 0.0696 e. The molecule has 2 N–H and O–H groups in total. The second kappa shape index (κ2) is 9.56. The number of hydrogen-bond acceptors (Lipinski definition) is 2. The number of hydrogen-bond donors (Lipinski definition) is 1. The van der Waals surface area contributed by atoms with E-state index in [0.717, 1.165) is 16.6 Å². The van der Waals surface area contributed by atoms with Crippen LogP contribution in [0.3, 0.4) is 0 Å². The fraction of sp³-hybridized carbons (Fsp3) is 0.812. The number of rotatable bonds is 10. The predicted molar refractivity (Wildman–Crippen MR) is 89.9 cm³/mol. The first-order valence-corrected chi connectivity index (χ1v) is 8.85. The molecule has 0 aliphatic heterocycles. The molecule has 1 heterocycles. The van der Waals surface area contributed by atoms with Gasteiger partial charge in [-0.3, -0.25) is 4.68 Å². The summed E-state index contributed by atoms with van der Waals surface area (Å²) in [6, 6.07) is 0.446. The van der Waals surface area contributed by atoms with Crippen molar-refractivity contribution in [2.45, 2.75) is 84.2 Å². The van der Waals surface area contributed by atoms with Crippen molar-refractivity contribution in [1.82, 2.24) is 9.78 Å². The molecule has 4 heteroatoms. The number of nitrogens with zero attached hydrogens (tertiary/aromatic N) is 2. The largest absolute Gasteiger partial charge is 0.323 e. The maximum atomic E-state index is 6.35. The molecular formula is C16H30BrN3. The standard InChI is InChI=1S/C16H30BrN3/c1-4-5-6-7-8-9-10-11-15(18)16-14(17)12-19-20(16)13(2)3/h12-13,15H,4-11,18H2,1-3H3. The van der Waals surface area contributed by atoms with Crippen molar-refractivity contribution in [3.8, 4) is 0 Å². The van der Waals surface area contributed by atoms with Gasteiger partial charge in [0.15, 0.2) is 0 Å². The molecule has 0 fully saturated rings. The van der Waals surface area contributed by atoms with Gasteiger partial charge >= 0.3 is 0 Å². The second-order valence-corrected chi connectivity index (χ2v) is 6.79. The van der Waals surface area contributed by atoms with E-state index in [2.05, 4.69) is 41.8 Å². The van der Waals surface area contributed by atoms with Crippen LogP contribution in [0.15, 0.2) is 10.7 Å². The molecule has 0 amide bonds. The van der Waals surface area contributed by atoms with Gasteiger partial charge in [0.25, 0.3) is 0 Å². The summed E-state index contributed by atoms with van der Waals surface area (Å²) in [5.41, 5.74) is 7.49. The van der Waals surface area contributed by atoms with Crippen LogP contribution >= 0.6 is 15.9 Å². The zero-order chi connectivity index (χ0) is 15.0. The first-order valence-electron chi connectivity index (χ1n) is 8.06. The average molecular weight is 344 g/mol. The van der Waals surface area contributed by atoms with Crippen LogP contribution in [0.1, 0.15) is 89.9 Å². The lowest BCUT2D eigenvalue weighted by molar-refractivity contribution is 0.463. The summed E-state index contributed by atoms with van der Waals surface area (Å²) in [6.07, 6.45) is 12.2. The fourth-order valence-electron chi connectivity index (χ4n) is 2.57. The van der Waals surface area contributed by atoms with Gasteiger partial charge in [0.05, 0.1) is 16.4 Å². The summed E-state index contributed by atoms with van der Waals surface area (Å²) in [7, 11) is 0. The minimum absolute atomic E-state index is 0.0879. The predicted octanol–water partition coefficient (Wildman–Crippen LogP) is 5.37. The van der Waals surface area contributed by atoms with Gasteiger partial charge in [-0.25, -0.2) is 0 Å². The lowest BCUT2D eigenvalue weighted by atomic mass is 10.0. The summed E-state index contributed by atoms with van der Waals surface area (Å²) >= 11 is 3.57. The molecule has 0 spiro atoms. The van der Waals surface area contributed by atoms with Crippen molar-refractivity contribution in [3.63, 3.8) is 0 Å². The molecule has 0 bridgehead atoms. The van der Waals surface area contributed by atoms with Crippen LogP contribution in [0, 0.1) is 0 Å². The van der Waals surface area contributed by atoms with Crippen LogP contribution < -0.4 is 5.73 Å². The molecule has 1 aromatic heterocycles. The Morgan fingerprint density at radius 1 is 1.15 bits per heavy atom. The van der Waals surface area contributed by atoms with E-state index in [1.165, 1.54) is 44.9 Å². The lowest BCUT2D eigenvalue weighted by Gasteiger charge is -2.17. The molecule has 0 saturated carbocycles. The van der Waals surface area contributed by atoms with Crippen LogP contribution in [0.2, 0.25) is 0 Å². The van der Waals surface area contributed by atoms with E-state index >= 15 is 0 Å². The average Bonchev–Trinajstić information content (AvgIpc) is 2.79. The molecule has 20 heavy (non-hydrogen) atoms. The highest BCUT2D eigenvalue weighted by Crippen LogP contribution is 2.27. The molecule has 0 aliphatic rings. The highest BCUT2D eigenvalue weighted by molar-refractivity contribution is 9.10. The number of unbranched alkanes of at least 4 members (excludes halogenated alkanes) is 6. The molecule has 1 atom stereocenters. The van der Waals surface area contributed by atoms with Gasteiger partial charge in [0, 0.05) is 12.1 Å².